The molecule has 2 aliphatic rings. The molecule has 122 valence electrons. The van der Waals surface area contributed by atoms with Crippen molar-refractivity contribution in [2.75, 3.05) is 27.3 Å². The van der Waals surface area contributed by atoms with Crippen LogP contribution in [0, 0.1) is 0 Å². The maximum absolute atomic E-state index is 13.0. The molecule has 2 atom stereocenters. The van der Waals surface area contributed by atoms with E-state index in [1.807, 2.05) is 6.07 Å². The van der Waals surface area contributed by atoms with E-state index >= 15 is 0 Å². The lowest BCUT2D eigenvalue weighted by Gasteiger charge is -2.28. The van der Waals surface area contributed by atoms with E-state index in [-0.39, 0.29) is 18.3 Å². The predicted molar refractivity (Wildman–Crippen MR) is 87.3 cm³/mol. The van der Waals surface area contributed by atoms with Crippen LogP contribution in [-0.4, -0.2) is 50.2 Å². The van der Waals surface area contributed by atoms with Crippen LogP contribution in [0.25, 0.3) is 0 Å². The number of nitrogens with one attached hydrogen (secondary N) is 1. The van der Waals surface area contributed by atoms with Gasteiger partial charge in [0.15, 0.2) is 0 Å². The van der Waals surface area contributed by atoms with Crippen LogP contribution in [0.3, 0.4) is 0 Å². The number of ether oxygens (including phenoxy) is 2. The normalized spacial score (nSPS) is 23.5. The van der Waals surface area contributed by atoms with E-state index in [0.717, 1.165) is 32.4 Å². The van der Waals surface area contributed by atoms with E-state index < -0.39 is 0 Å². The third-order valence-electron chi connectivity index (χ3n) is 4.53. The molecule has 2 fully saturated rings. The van der Waals surface area contributed by atoms with Gasteiger partial charge >= 0.3 is 0 Å². The van der Waals surface area contributed by atoms with Crippen LogP contribution in [0.2, 0.25) is 0 Å². The van der Waals surface area contributed by atoms with Crippen molar-refractivity contribution in [2.24, 2.45) is 0 Å². The number of nitrogens with zero attached hydrogens (tertiary/aromatic N) is 1. The fourth-order valence-corrected chi connectivity index (χ4v) is 3.43. The molecule has 6 heteroatoms. The summed E-state index contributed by atoms with van der Waals surface area (Å²) in [4.78, 5) is 15.0. The summed E-state index contributed by atoms with van der Waals surface area (Å²) < 4.78 is 10.6. The summed E-state index contributed by atoms with van der Waals surface area (Å²) in [5.41, 5.74) is 0.622. The Morgan fingerprint density at radius 3 is 2.68 bits per heavy atom. The minimum Gasteiger partial charge on any atom is -0.497 e. The average Bonchev–Trinajstić information content (AvgIpc) is 2.78. The van der Waals surface area contributed by atoms with Crippen LogP contribution in [0.5, 0.6) is 11.5 Å². The summed E-state index contributed by atoms with van der Waals surface area (Å²) in [7, 11) is 3.20. The molecule has 3 rings (SSSR count). The summed E-state index contributed by atoms with van der Waals surface area (Å²) in [6.45, 7) is 1.88. The largest absolute Gasteiger partial charge is 0.497 e. The van der Waals surface area contributed by atoms with Crippen molar-refractivity contribution in [3.8, 4) is 11.5 Å². The molecule has 0 saturated carbocycles. The van der Waals surface area contributed by atoms with Crippen LogP contribution >= 0.6 is 12.4 Å². The minimum absolute atomic E-state index is 0. The van der Waals surface area contributed by atoms with Gasteiger partial charge in [-0.2, -0.15) is 0 Å². The molecule has 0 spiro atoms. The van der Waals surface area contributed by atoms with Crippen molar-refractivity contribution in [1.82, 2.24) is 10.2 Å². The average molecular weight is 327 g/mol. The first-order valence-corrected chi connectivity index (χ1v) is 7.50. The highest BCUT2D eigenvalue weighted by atomic mass is 35.5. The zero-order valence-corrected chi connectivity index (χ0v) is 13.8. The molecule has 2 bridgehead atoms. The van der Waals surface area contributed by atoms with E-state index in [0.29, 0.717) is 29.1 Å². The molecule has 2 unspecified atom stereocenters. The van der Waals surface area contributed by atoms with Gasteiger partial charge in [-0.25, -0.2) is 0 Å². The molecule has 0 aromatic heterocycles. The zero-order chi connectivity index (χ0) is 14.8. The fraction of sp³-hybridized carbons (Fsp3) is 0.562. The number of rotatable bonds is 3. The molecular weight excluding hydrogens is 304 g/mol. The highest BCUT2D eigenvalue weighted by Crippen LogP contribution is 2.33. The third kappa shape index (κ3) is 3.01. The molecule has 0 aliphatic carbocycles. The standard InChI is InChI=1S/C16H22N2O3.ClH/c1-20-13-5-6-14(15(9-13)21-2)16(19)18-11-3-4-12(18)10-17-8-7-11;/h5-6,9,11-12,17H,3-4,7-8,10H2,1-2H3;1H. The van der Waals surface area contributed by atoms with Gasteiger partial charge in [-0.15, -0.1) is 12.4 Å². The van der Waals surface area contributed by atoms with E-state index in [9.17, 15) is 4.79 Å². The molecule has 2 heterocycles. The Hall–Kier alpha value is -1.46. The third-order valence-corrected chi connectivity index (χ3v) is 4.53. The molecule has 2 saturated heterocycles. The van der Waals surface area contributed by atoms with Gasteiger partial charge in [-0.3, -0.25) is 4.79 Å². The van der Waals surface area contributed by atoms with Gasteiger partial charge in [0.25, 0.3) is 5.91 Å². The second-order valence-corrected chi connectivity index (χ2v) is 5.66. The summed E-state index contributed by atoms with van der Waals surface area (Å²) in [5.74, 6) is 1.35. The maximum Gasteiger partial charge on any atom is 0.258 e. The molecule has 22 heavy (non-hydrogen) atoms. The maximum atomic E-state index is 13.0. The number of methoxy groups -OCH3 is 2. The molecule has 0 radical (unpaired) electrons. The zero-order valence-electron chi connectivity index (χ0n) is 13.0. The summed E-state index contributed by atoms with van der Waals surface area (Å²) in [6, 6.07) is 6.04. The Balaban J connectivity index is 0.00000176. The molecule has 1 N–H and O–H groups in total. The number of amides is 1. The van der Waals surface area contributed by atoms with Crippen molar-refractivity contribution in [3.05, 3.63) is 23.8 Å². The van der Waals surface area contributed by atoms with Gasteiger partial charge in [0.1, 0.15) is 11.5 Å². The number of hydrogen-bond donors (Lipinski definition) is 1. The van der Waals surface area contributed by atoms with Gasteiger partial charge in [0.2, 0.25) is 0 Å². The van der Waals surface area contributed by atoms with Crippen molar-refractivity contribution in [2.45, 2.75) is 31.3 Å². The molecule has 1 aromatic rings. The van der Waals surface area contributed by atoms with Crippen molar-refractivity contribution in [3.63, 3.8) is 0 Å². The topological polar surface area (TPSA) is 50.8 Å². The smallest absolute Gasteiger partial charge is 0.258 e. The predicted octanol–water partition coefficient (Wildman–Crippen LogP) is 2.09. The number of hydrogen-bond acceptors (Lipinski definition) is 4. The number of fused-ring (bicyclic) bond motifs is 2. The number of halogens is 1. The van der Waals surface area contributed by atoms with Crippen molar-refractivity contribution < 1.29 is 14.3 Å². The number of carbonyl (C=O) groups is 1. The van der Waals surface area contributed by atoms with Crippen LogP contribution < -0.4 is 14.8 Å². The molecule has 5 nitrogen and oxygen atoms in total. The second-order valence-electron chi connectivity index (χ2n) is 5.66. The number of benzene rings is 1. The van der Waals surface area contributed by atoms with Gasteiger partial charge in [0, 0.05) is 24.7 Å². The molecular formula is C16H23ClN2O3. The van der Waals surface area contributed by atoms with E-state index in [4.69, 9.17) is 9.47 Å². The Morgan fingerprint density at radius 2 is 1.95 bits per heavy atom. The van der Waals surface area contributed by atoms with Crippen LogP contribution in [0.1, 0.15) is 29.6 Å². The van der Waals surface area contributed by atoms with Crippen molar-refractivity contribution in [1.29, 1.82) is 0 Å². The molecule has 1 aromatic carbocycles. The van der Waals surface area contributed by atoms with Crippen LogP contribution in [0.15, 0.2) is 18.2 Å². The highest BCUT2D eigenvalue weighted by Gasteiger charge is 2.39. The van der Waals surface area contributed by atoms with Crippen LogP contribution in [0.4, 0.5) is 0 Å². The minimum atomic E-state index is 0. The molecule has 1 amide bonds. The van der Waals surface area contributed by atoms with E-state index in [1.165, 1.54) is 0 Å². The van der Waals surface area contributed by atoms with Crippen LogP contribution in [-0.2, 0) is 0 Å². The van der Waals surface area contributed by atoms with Gasteiger partial charge in [-0.1, -0.05) is 0 Å². The van der Waals surface area contributed by atoms with Gasteiger partial charge in [-0.05, 0) is 37.9 Å². The second kappa shape index (κ2) is 7.20. The Morgan fingerprint density at radius 1 is 1.18 bits per heavy atom. The highest BCUT2D eigenvalue weighted by molar-refractivity contribution is 5.97. The first-order valence-electron chi connectivity index (χ1n) is 7.50. The Labute approximate surface area is 137 Å². The Kier molecular flexibility index (Phi) is 5.53. The Bertz CT molecular complexity index is 524. The van der Waals surface area contributed by atoms with E-state index in [1.54, 1.807) is 26.4 Å². The summed E-state index contributed by atoms with van der Waals surface area (Å²) in [5, 5.41) is 3.42. The summed E-state index contributed by atoms with van der Waals surface area (Å²) in [6.07, 6.45) is 3.22. The first-order chi connectivity index (χ1) is 10.2. The molecule has 2 aliphatic heterocycles. The fourth-order valence-electron chi connectivity index (χ4n) is 3.43. The van der Waals surface area contributed by atoms with E-state index in [2.05, 4.69) is 10.2 Å². The summed E-state index contributed by atoms with van der Waals surface area (Å²) >= 11 is 0. The quantitative estimate of drug-likeness (QED) is 0.924. The lowest BCUT2D eigenvalue weighted by molar-refractivity contribution is 0.0677. The SMILES string of the molecule is COc1ccc(C(=O)N2C3CCNCC2CC3)c(OC)c1.Cl. The lowest BCUT2D eigenvalue weighted by Crippen LogP contribution is -2.42. The first kappa shape index (κ1) is 16.9. The van der Waals surface area contributed by atoms with Crippen molar-refractivity contribution >= 4 is 18.3 Å². The van der Waals surface area contributed by atoms with Gasteiger partial charge in [0.05, 0.1) is 19.8 Å². The number of carbonyl (C=O) groups excluding carboxylic acids is 1. The van der Waals surface area contributed by atoms with Gasteiger partial charge < -0.3 is 19.7 Å². The lowest BCUT2D eigenvalue weighted by atomic mass is 10.1. The monoisotopic (exact) mass is 326 g/mol.